The number of halogens is 3. The lowest BCUT2D eigenvalue weighted by molar-refractivity contribution is -0.137. The maximum Gasteiger partial charge on any atom is 0.416 e. The molecule has 0 amide bonds. The van der Waals surface area contributed by atoms with E-state index in [1.165, 1.54) is 12.1 Å². The molecule has 0 unspecified atom stereocenters. The van der Waals surface area contributed by atoms with E-state index in [1.807, 2.05) is 19.1 Å². The molecular formula is C12H11F3. The molecule has 0 radical (unpaired) electrons. The molecule has 3 heteroatoms. The molecule has 1 aromatic rings. The highest BCUT2D eigenvalue weighted by atomic mass is 19.4. The highest BCUT2D eigenvalue weighted by molar-refractivity contribution is 5.51. The highest BCUT2D eigenvalue weighted by Gasteiger charge is 2.29. The van der Waals surface area contributed by atoms with Crippen LogP contribution in [-0.4, -0.2) is 0 Å². The summed E-state index contributed by atoms with van der Waals surface area (Å²) in [5.41, 5.74) is 0.131. The Bertz CT molecular complexity index is 355. The molecule has 0 heterocycles. The smallest absolute Gasteiger partial charge is 0.166 e. The topological polar surface area (TPSA) is 0 Å². The molecule has 0 saturated carbocycles. The summed E-state index contributed by atoms with van der Waals surface area (Å²) < 4.78 is 36.6. The van der Waals surface area contributed by atoms with Crippen LogP contribution in [-0.2, 0) is 6.18 Å². The summed E-state index contributed by atoms with van der Waals surface area (Å²) >= 11 is 0. The van der Waals surface area contributed by atoms with Crippen LogP contribution in [0.5, 0.6) is 0 Å². The van der Waals surface area contributed by atoms with Crippen LogP contribution >= 0.6 is 0 Å². The number of rotatable bonds is 2. The van der Waals surface area contributed by atoms with Gasteiger partial charge in [0.25, 0.3) is 0 Å². The molecule has 0 nitrogen and oxygen atoms in total. The zero-order chi connectivity index (χ0) is 11.3. The minimum Gasteiger partial charge on any atom is -0.166 e. The molecule has 0 N–H and O–H groups in total. The maximum absolute atomic E-state index is 12.2. The summed E-state index contributed by atoms with van der Waals surface area (Å²) in [5, 5.41) is 0. The zero-order valence-electron chi connectivity index (χ0n) is 8.25. The summed E-state index contributed by atoms with van der Waals surface area (Å²) in [7, 11) is 0. The molecule has 1 aromatic carbocycles. The summed E-state index contributed by atoms with van der Waals surface area (Å²) in [6, 6.07) is 5.05. The van der Waals surface area contributed by atoms with Crippen LogP contribution in [0, 0.1) is 0 Å². The third kappa shape index (κ3) is 3.62. The largest absolute Gasteiger partial charge is 0.416 e. The van der Waals surface area contributed by atoms with E-state index in [2.05, 4.69) is 0 Å². The lowest BCUT2D eigenvalue weighted by Crippen LogP contribution is -2.03. The first-order chi connectivity index (χ1) is 7.04. The van der Waals surface area contributed by atoms with E-state index in [4.69, 9.17) is 0 Å². The predicted molar refractivity (Wildman–Crippen MR) is 55.3 cm³/mol. The van der Waals surface area contributed by atoms with Gasteiger partial charge in [0, 0.05) is 0 Å². The van der Waals surface area contributed by atoms with E-state index in [0.717, 1.165) is 17.7 Å². The van der Waals surface area contributed by atoms with Crippen LogP contribution in [0.4, 0.5) is 13.2 Å². The van der Waals surface area contributed by atoms with Crippen molar-refractivity contribution in [3.63, 3.8) is 0 Å². The molecule has 15 heavy (non-hydrogen) atoms. The van der Waals surface area contributed by atoms with E-state index in [0.29, 0.717) is 0 Å². The zero-order valence-corrected chi connectivity index (χ0v) is 8.25. The Morgan fingerprint density at radius 2 is 1.60 bits per heavy atom. The molecule has 1 rings (SSSR count). The Morgan fingerprint density at radius 1 is 1.00 bits per heavy atom. The first kappa shape index (κ1) is 11.6. The summed E-state index contributed by atoms with van der Waals surface area (Å²) in [6.45, 7) is 1.87. The Hall–Kier alpha value is -1.51. The van der Waals surface area contributed by atoms with Crippen molar-refractivity contribution >= 4 is 6.08 Å². The van der Waals surface area contributed by atoms with Crippen LogP contribution in [0.2, 0.25) is 0 Å². The number of hydrogen-bond donors (Lipinski definition) is 0. The molecule has 0 fully saturated rings. The average molecular weight is 212 g/mol. The normalized spacial score (nSPS) is 12.8. The fraction of sp³-hybridized carbons (Fsp3) is 0.167. The van der Waals surface area contributed by atoms with Gasteiger partial charge in [-0.25, -0.2) is 0 Å². The molecule has 0 aliphatic rings. The number of hydrogen-bond acceptors (Lipinski definition) is 0. The summed E-state index contributed by atoms with van der Waals surface area (Å²) in [4.78, 5) is 0. The van der Waals surface area contributed by atoms with E-state index in [-0.39, 0.29) is 0 Å². The fourth-order valence-electron chi connectivity index (χ4n) is 1.06. The Labute approximate surface area is 86.7 Å². The predicted octanol–water partition coefficient (Wildman–Crippen LogP) is 4.29. The minimum absolute atomic E-state index is 0.620. The third-order valence-corrected chi connectivity index (χ3v) is 1.83. The van der Waals surface area contributed by atoms with Crippen molar-refractivity contribution in [2.24, 2.45) is 0 Å². The van der Waals surface area contributed by atoms with Crippen LogP contribution in [0.1, 0.15) is 18.1 Å². The van der Waals surface area contributed by atoms with Crippen molar-refractivity contribution in [2.75, 3.05) is 0 Å². The van der Waals surface area contributed by atoms with Crippen molar-refractivity contribution in [1.29, 1.82) is 0 Å². The first-order valence-electron chi connectivity index (χ1n) is 4.50. The van der Waals surface area contributed by atoms with Crippen molar-refractivity contribution in [1.82, 2.24) is 0 Å². The monoisotopic (exact) mass is 212 g/mol. The summed E-state index contributed by atoms with van der Waals surface area (Å²) in [6.07, 6.45) is 2.94. The first-order valence-corrected chi connectivity index (χ1v) is 4.50. The van der Waals surface area contributed by atoms with Crippen LogP contribution in [0.25, 0.3) is 6.08 Å². The molecule has 0 saturated heterocycles. The van der Waals surface area contributed by atoms with E-state index >= 15 is 0 Å². The second-order valence-electron chi connectivity index (χ2n) is 3.00. The van der Waals surface area contributed by atoms with Gasteiger partial charge in [0.15, 0.2) is 0 Å². The molecule has 0 spiro atoms. The van der Waals surface area contributed by atoms with E-state index < -0.39 is 11.7 Å². The Morgan fingerprint density at radius 3 is 2.07 bits per heavy atom. The Kier molecular flexibility index (Phi) is 3.72. The molecular weight excluding hydrogens is 201 g/mol. The quantitative estimate of drug-likeness (QED) is 0.641. The van der Waals surface area contributed by atoms with Crippen LogP contribution in [0.15, 0.2) is 42.5 Å². The summed E-state index contributed by atoms with van der Waals surface area (Å²) in [5.74, 6) is 0. The molecule has 0 aliphatic carbocycles. The van der Waals surface area contributed by atoms with Crippen molar-refractivity contribution in [2.45, 2.75) is 13.1 Å². The molecule has 80 valence electrons. The lowest BCUT2D eigenvalue weighted by atomic mass is 10.1. The van der Waals surface area contributed by atoms with Gasteiger partial charge in [-0.15, -0.1) is 0 Å². The van der Waals surface area contributed by atoms with Gasteiger partial charge in [0.2, 0.25) is 0 Å². The van der Waals surface area contributed by atoms with Gasteiger partial charge in [-0.1, -0.05) is 36.4 Å². The average Bonchev–Trinajstić information content (AvgIpc) is 2.18. The van der Waals surface area contributed by atoms with Crippen molar-refractivity contribution < 1.29 is 13.2 Å². The minimum atomic E-state index is -4.26. The standard InChI is InChI=1S/C12H11F3/c1-2-3-4-5-10-6-8-11(9-7-10)12(13,14)15/h2-9H,1H3. The second-order valence-corrected chi connectivity index (χ2v) is 3.00. The molecule has 0 aromatic heterocycles. The Balaban J connectivity index is 2.81. The van der Waals surface area contributed by atoms with Gasteiger partial charge in [-0.3, -0.25) is 0 Å². The van der Waals surface area contributed by atoms with E-state index in [1.54, 1.807) is 12.2 Å². The number of alkyl halides is 3. The fourth-order valence-corrected chi connectivity index (χ4v) is 1.06. The SMILES string of the molecule is CC=CC=Cc1ccc(C(F)(F)F)cc1. The van der Waals surface area contributed by atoms with Gasteiger partial charge < -0.3 is 0 Å². The maximum atomic E-state index is 12.2. The van der Waals surface area contributed by atoms with Crippen LogP contribution in [0.3, 0.4) is 0 Å². The lowest BCUT2D eigenvalue weighted by Gasteiger charge is -2.05. The van der Waals surface area contributed by atoms with Crippen molar-refractivity contribution in [3.8, 4) is 0 Å². The number of allylic oxidation sites excluding steroid dienone is 3. The van der Waals surface area contributed by atoms with Crippen molar-refractivity contribution in [3.05, 3.63) is 53.6 Å². The van der Waals surface area contributed by atoms with Gasteiger partial charge in [0.1, 0.15) is 0 Å². The highest BCUT2D eigenvalue weighted by Crippen LogP contribution is 2.29. The van der Waals surface area contributed by atoms with Crippen LogP contribution < -0.4 is 0 Å². The molecule has 0 atom stereocenters. The van der Waals surface area contributed by atoms with Gasteiger partial charge in [0.05, 0.1) is 5.56 Å². The molecule has 0 bridgehead atoms. The third-order valence-electron chi connectivity index (χ3n) is 1.83. The second kappa shape index (κ2) is 4.82. The molecule has 0 aliphatic heterocycles. The van der Waals surface area contributed by atoms with Gasteiger partial charge in [-0.2, -0.15) is 13.2 Å². The number of benzene rings is 1. The van der Waals surface area contributed by atoms with Gasteiger partial charge >= 0.3 is 6.18 Å². The van der Waals surface area contributed by atoms with Gasteiger partial charge in [-0.05, 0) is 24.6 Å². The van der Waals surface area contributed by atoms with E-state index in [9.17, 15) is 13.2 Å².